The first-order chi connectivity index (χ1) is 13.6. The van der Waals surface area contributed by atoms with Crippen LogP contribution in [0.3, 0.4) is 0 Å². The van der Waals surface area contributed by atoms with Crippen LogP contribution in [0.25, 0.3) is 0 Å². The smallest absolute Gasteiger partial charge is 0.257 e. The summed E-state index contributed by atoms with van der Waals surface area (Å²) in [6.45, 7) is 5.05. The molecule has 2 aromatic carbocycles. The van der Waals surface area contributed by atoms with E-state index in [4.69, 9.17) is 14.2 Å². The molecule has 1 N–H and O–H groups in total. The van der Waals surface area contributed by atoms with E-state index in [0.29, 0.717) is 54.7 Å². The molecule has 0 aromatic heterocycles. The topological polar surface area (TPSA) is 77.1 Å². The summed E-state index contributed by atoms with van der Waals surface area (Å²) in [5.74, 6) is 0.603. The normalized spacial score (nSPS) is 15.8. The molecule has 0 aliphatic carbocycles. The van der Waals surface area contributed by atoms with Crippen LogP contribution in [-0.2, 0) is 4.74 Å². The van der Waals surface area contributed by atoms with Gasteiger partial charge in [0.25, 0.3) is 5.91 Å². The van der Waals surface area contributed by atoms with Gasteiger partial charge in [0.15, 0.2) is 17.3 Å². The molecule has 0 atom stereocenters. The Morgan fingerprint density at radius 2 is 1.61 bits per heavy atom. The highest BCUT2D eigenvalue weighted by molar-refractivity contribution is 6.11. The lowest BCUT2D eigenvalue weighted by Crippen LogP contribution is -2.37. The molecule has 7 nitrogen and oxygen atoms in total. The summed E-state index contributed by atoms with van der Waals surface area (Å²) < 4.78 is 16.6. The summed E-state index contributed by atoms with van der Waals surface area (Å²) in [7, 11) is 0. The Morgan fingerprint density at radius 1 is 0.929 bits per heavy atom. The van der Waals surface area contributed by atoms with E-state index in [1.807, 2.05) is 18.2 Å². The zero-order valence-electron chi connectivity index (χ0n) is 15.7. The number of carbonyl (C=O) groups excluding carboxylic acids is 2. The average molecular weight is 382 g/mol. The van der Waals surface area contributed by atoms with Gasteiger partial charge in [-0.3, -0.25) is 9.59 Å². The lowest BCUT2D eigenvalue weighted by atomic mass is 10.1. The summed E-state index contributed by atoms with van der Waals surface area (Å²) >= 11 is 0. The second-order valence-corrected chi connectivity index (χ2v) is 6.67. The Hall–Kier alpha value is -3.06. The monoisotopic (exact) mass is 382 g/mol. The molecule has 0 saturated carbocycles. The number of amides is 1. The Morgan fingerprint density at radius 3 is 2.32 bits per heavy atom. The van der Waals surface area contributed by atoms with E-state index in [9.17, 15) is 9.59 Å². The lowest BCUT2D eigenvalue weighted by molar-refractivity contribution is 0.101. The quantitative estimate of drug-likeness (QED) is 0.820. The molecule has 0 radical (unpaired) electrons. The predicted molar refractivity (Wildman–Crippen MR) is 105 cm³/mol. The minimum atomic E-state index is -0.277. The van der Waals surface area contributed by atoms with Crippen molar-refractivity contribution < 1.29 is 23.8 Å². The summed E-state index contributed by atoms with van der Waals surface area (Å²) in [5.41, 5.74) is 2.21. The fourth-order valence-corrected chi connectivity index (χ4v) is 3.42. The first kappa shape index (κ1) is 18.3. The van der Waals surface area contributed by atoms with Crippen molar-refractivity contribution in [3.8, 4) is 11.5 Å². The fourth-order valence-electron chi connectivity index (χ4n) is 3.42. The molecule has 7 heteroatoms. The zero-order valence-corrected chi connectivity index (χ0v) is 15.7. The number of hydrogen-bond donors (Lipinski definition) is 1. The van der Waals surface area contributed by atoms with Gasteiger partial charge in [-0.1, -0.05) is 12.1 Å². The first-order valence-electron chi connectivity index (χ1n) is 9.31. The highest BCUT2D eigenvalue weighted by Crippen LogP contribution is 2.36. The molecule has 0 spiro atoms. The van der Waals surface area contributed by atoms with Crippen LogP contribution < -0.4 is 19.7 Å². The Labute approximate surface area is 163 Å². The van der Waals surface area contributed by atoms with Crippen LogP contribution in [0.1, 0.15) is 27.6 Å². The summed E-state index contributed by atoms with van der Waals surface area (Å²) in [6.07, 6.45) is 0. The first-order valence-corrected chi connectivity index (χ1v) is 9.31. The number of Topliss-reactive ketones (excluding diaryl/α,β-unsaturated/α-hetero) is 1. The molecule has 0 unspecified atom stereocenters. The lowest BCUT2D eigenvalue weighted by Gasteiger charge is -2.30. The number of rotatable bonds is 4. The van der Waals surface area contributed by atoms with Gasteiger partial charge in [0.2, 0.25) is 0 Å². The fraction of sp³-hybridized carbons (Fsp3) is 0.333. The van der Waals surface area contributed by atoms with Gasteiger partial charge in [-0.05, 0) is 25.1 Å². The molecule has 2 aliphatic heterocycles. The second kappa shape index (κ2) is 7.90. The van der Waals surface area contributed by atoms with Gasteiger partial charge in [-0.25, -0.2) is 0 Å². The molecular weight excluding hydrogens is 360 g/mol. The van der Waals surface area contributed by atoms with Gasteiger partial charge in [0, 0.05) is 30.4 Å². The molecule has 1 fully saturated rings. The van der Waals surface area contributed by atoms with Gasteiger partial charge in [-0.2, -0.15) is 0 Å². The van der Waals surface area contributed by atoms with Crippen molar-refractivity contribution in [1.29, 1.82) is 0 Å². The average Bonchev–Trinajstić information content (AvgIpc) is 2.73. The van der Waals surface area contributed by atoms with Gasteiger partial charge in [0.05, 0.1) is 24.5 Å². The summed E-state index contributed by atoms with van der Waals surface area (Å²) in [4.78, 5) is 27.3. The van der Waals surface area contributed by atoms with E-state index in [1.165, 1.54) is 6.92 Å². The molecule has 2 aromatic rings. The maximum Gasteiger partial charge on any atom is 0.257 e. The molecule has 1 saturated heterocycles. The number of para-hydroxylation sites is 1. The van der Waals surface area contributed by atoms with E-state index in [1.54, 1.807) is 18.2 Å². The number of ether oxygens (including phenoxy) is 3. The molecule has 4 rings (SSSR count). The Bertz CT molecular complexity index is 906. The van der Waals surface area contributed by atoms with Crippen molar-refractivity contribution in [2.45, 2.75) is 6.92 Å². The van der Waals surface area contributed by atoms with Crippen LogP contribution >= 0.6 is 0 Å². The number of fused-ring (bicyclic) bond motifs is 1. The van der Waals surface area contributed by atoms with Crippen LogP contribution in [0.4, 0.5) is 11.4 Å². The van der Waals surface area contributed by atoms with Crippen molar-refractivity contribution in [3.05, 3.63) is 47.5 Å². The van der Waals surface area contributed by atoms with Crippen LogP contribution in [0.5, 0.6) is 11.5 Å². The summed E-state index contributed by atoms with van der Waals surface area (Å²) in [5, 5.41) is 2.88. The van der Waals surface area contributed by atoms with Crippen LogP contribution in [0.2, 0.25) is 0 Å². The number of ketones is 1. The predicted octanol–water partition coefficient (Wildman–Crippen LogP) is 2.75. The van der Waals surface area contributed by atoms with Crippen molar-refractivity contribution >= 4 is 23.1 Å². The molecule has 2 heterocycles. The number of morpholine rings is 1. The molecule has 2 aliphatic rings. The molecule has 1 amide bonds. The number of nitrogens with one attached hydrogen (secondary N) is 1. The van der Waals surface area contributed by atoms with Crippen molar-refractivity contribution in [2.75, 3.05) is 49.7 Å². The van der Waals surface area contributed by atoms with Crippen molar-refractivity contribution in [1.82, 2.24) is 0 Å². The minimum absolute atomic E-state index is 0.159. The SMILES string of the molecule is CC(=O)c1cc2c(cc1NC(=O)c1ccccc1N1CCOCC1)OCCO2. The number of anilines is 2. The zero-order chi connectivity index (χ0) is 19.5. The van der Waals surface area contributed by atoms with Gasteiger partial charge < -0.3 is 24.4 Å². The Kier molecular flexibility index (Phi) is 5.16. The number of nitrogens with zero attached hydrogens (tertiary/aromatic N) is 1. The molecule has 0 bridgehead atoms. The van der Waals surface area contributed by atoms with Crippen LogP contribution in [0, 0.1) is 0 Å². The van der Waals surface area contributed by atoms with E-state index < -0.39 is 0 Å². The second-order valence-electron chi connectivity index (χ2n) is 6.67. The summed E-state index contributed by atoms with van der Waals surface area (Å²) in [6, 6.07) is 10.7. The van der Waals surface area contributed by atoms with E-state index in [-0.39, 0.29) is 11.7 Å². The van der Waals surface area contributed by atoms with Crippen molar-refractivity contribution in [3.63, 3.8) is 0 Å². The van der Waals surface area contributed by atoms with Crippen molar-refractivity contribution in [2.24, 2.45) is 0 Å². The molecule has 146 valence electrons. The highest BCUT2D eigenvalue weighted by Gasteiger charge is 2.22. The third kappa shape index (κ3) is 3.66. The third-order valence-electron chi connectivity index (χ3n) is 4.81. The number of hydrogen-bond acceptors (Lipinski definition) is 6. The van der Waals surface area contributed by atoms with Gasteiger partial charge in [-0.15, -0.1) is 0 Å². The van der Waals surface area contributed by atoms with Gasteiger partial charge >= 0.3 is 0 Å². The van der Waals surface area contributed by atoms with E-state index >= 15 is 0 Å². The maximum atomic E-state index is 13.1. The number of carbonyl (C=O) groups is 2. The van der Waals surface area contributed by atoms with Crippen LogP contribution in [-0.4, -0.2) is 51.2 Å². The molecular formula is C21H22N2O5. The van der Waals surface area contributed by atoms with E-state index in [0.717, 1.165) is 18.8 Å². The standard InChI is InChI=1S/C21H22N2O5/c1-14(24)16-12-19-20(28-11-10-27-19)13-17(16)22-21(25)15-4-2-3-5-18(15)23-6-8-26-9-7-23/h2-5,12-13H,6-11H2,1H3,(H,22,25). The van der Waals surface area contributed by atoms with Crippen LogP contribution in [0.15, 0.2) is 36.4 Å². The van der Waals surface area contributed by atoms with E-state index in [2.05, 4.69) is 10.2 Å². The largest absolute Gasteiger partial charge is 0.486 e. The van der Waals surface area contributed by atoms with Gasteiger partial charge in [0.1, 0.15) is 13.2 Å². The number of benzene rings is 2. The molecule has 28 heavy (non-hydrogen) atoms. The Balaban J connectivity index is 1.65. The third-order valence-corrected chi connectivity index (χ3v) is 4.81. The maximum absolute atomic E-state index is 13.1. The highest BCUT2D eigenvalue weighted by atomic mass is 16.6. The minimum Gasteiger partial charge on any atom is -0.486 e.